The second-order valence-electron chi connectivity index (χ2n) is 2.64. The van der Waals surface area contributed by atoms with Crippen LogP contribution in [0.2, 0.25) is 0 Å². The van der Waals surface area contributed by atoms with Crippen molar-refractivity contribution in [2.75, 3.05) is 7.11 Å². The monoisotopic (exact) mass is 205 g/mol. The molecule has 0 aliphatic carbocycles. The number of ether oxygens (including phenoxy) is 1. The number of hydrogen-bond donors (Lipinski definition) is 1. The molecule has 1 N–H and O–H groups in total. The van der Waals surface area contributed by atoms with E-state index in [9.17, 15) is 14.7 Å². The molecule has 0 unspecified atom stereocenters. The standard InChI is InChI=1S/C10H7NO4/c1-15-10(14)7-3-2-6(4-11)9(13)8(7)5-12/h2-3,5,13H,1H3. The summed E-state index contributed by atoms with van der Waals surface area (Å²) in [7, 11) is 1.16. The quantitative estimate of drug-likeness (QED) is 0.571. The fraction of sp³-hybridized carbons (Fsp3) is 0.100. The number of hydrogen-bond acceptors (Lipinski definition) is 5. The number of phenols is 1. The summed E-state index contributed by atoms with van der Waals surface area (Å²) in [6.45, 7) is 0. The topological polar surface area (TPSA) is 87.4 Å². The van der Waals surface area contributed by atoms with Crippen molar-refractivity contribution in [1.29, 1.82) is 5.26 Å². The molecule has 0 radical (unpaired) electrons. The third-order valence-corrected chi connectivity index (χ3v) is 1.86. The van der Waals surface area contributed by atoms with Gasteiger partial charge in [-0.05, 0) is 12.1 Å². The first-order valence-electron chi connectivity index (χ1n) is 3.95. The number of benzene rings is 1. The molecule has 15 heavy (non-hydrogen) atoms. The number of methoxy groups -OCH3 is 1. The molecule has 0 aliphatic heterocycles. The molecular weight excluding hydrogens is 198 g/mol. The highest BCUT2D eigenvalue weighted by atomic mass is 16.5. The molecule has 0 aromatic heterocycles. The molecule has 0 saturated heterocycles. The first-order chi connectivity index (χ1) is 7.15. The molecule has 5 nitrogen and oxygen atoms in total. The number of aromatic hydroxyl groups is 1. The predicted molar refractivity (Wildman–Crippen MR) is 49.5 cm³/mol. The highest BCUT2D eigenvalue weighted by Crippen LogP contribution is 2.24. The van der Waals surface area contributed by atoms with Gasteiger partial charge in [0.15, 0.2) is 6.29 Å². The molecule has 0 fully saturated rings. The Kier molecular flexibility index (Phi) is 3.03. The van der Waals surface area contributed by atoms with E-state index < -0.39 is 11.7 Å². The van der Waals surface area contributed by atoms with Gasteiger partial charge in [0.25, 0.3) is 0 Å². The summed E-state index contributed by atoms with van der Waals surface area (Å²) >= 11 is 0. The van der Waals surface area contributed by atoms with Crippen LogP contribution in [0.5, 0.6) is 5.75 Å². The summed E-state index contributed by atoms with van der Waals surface area (Å²) in [4.78, 5) is 21.8. The molecule has 1 aromatic rings. The lowest BCUT2D eigenvalue weighted by Gasteiger charge is -2.05. The van der Waals surface area contributed by atoms with E-state index in [4.69, 9.17) is 5.26 Å². The zero-order chi connectivity index (χ0) is 11.4. The highest BCUT2D eigenvalue weighted by molar-refractivity contribution is 6.00. The van der Waals surface area contributed by atoms with Crippen LogP contribution in [-0.4, -0.2) is 24.5 Å². The smallest absolute Gasteiger partial charge is 0.338 e. The molecule has 76 valence electrons. The van der Waals surface area contributed by atoms with E-state index in [1.54, 1.807) is 6.07 Å². The van der Waals surface area contributed by atoms with E-state index in [1.807, 2.05) is 0 Å². The number of nitriles is 1. The van der Waals surface area contributed by atoms with Crippen LogP contribution in [0, 0.1) is 11.3 Å². The van der Waals surface area contributed by atoms with Crippen LogP contribution in [0.1, 0.15) is 26.3 Å². The number of aldehydes is 1. The summed E-state index contributed by atoms with van der Waals surface area (Å²) in [5, 5.41) is 18.0. The molecule has 0 heterocycles. The van der Waals surface area contributed by atoms with Crippen molar-refractivity contribution in [2.45, 2.75) is 0 Å². The molecule has 5 heteroatoms. The van der Waals surface area contributed by atoms with Crippen molar-refractivity contribution < 1.29 is 19.4 Å². The minimum absolute atomic E-state index is 0.0650. The van der Waals surface area contributed by atoms with Gasteiger partial charge in [0.1, 0.15) is 11.8 Å². The normalized spacial score (nSPS) is 9.07. The summed E-state index contributed by atoms with van der Waals surface area (Å²) in [5.74, 6) is -1.24. The van der Waals surface area contributed by atoms with Crippen molar-refractivity contribution >= 4 is 12.3 Å². The third-order valence-electron chi connectivity index (χ3n) is 1.86. The van der Waals surface area contributed by atoms with Crippen molar-refractivity contribution in [3.8, 4) is 11.8 Å². The van der Waals surface area contributed by atoms with Crippen LogP contribution >= 0.6 is 0 Å². The Bertz CT molecular complexity index is 459. The van der Waals surface area contributed by atoms with E-state index in [1.165, 1.54) is 12.1 Å². The summed E-state index contributed by atoms with van der Waals surface area (Å²) in [6, 6.07) is 4.20. The Hall–Kier alpha value is -2.35. The van der Waals surface area contributed by atoms with E-state index in [0.29, 0.717) is 6.29 Å². The lowest BCUT2D eigenvalue weighted by Crippen LogP contribution is -2.06. The largest absolute Gasteiger partial charge is 0.506 e. The van der Waals surface area contributed by atoms with Gasteiger partial charge in [-0.15, -0.1) is 0 Å². The predicted octanol–water partition coefficient (Wildman–Crippen LogP) is 0.863. The van der Waals surface area contributed by atoms with E-state index in [0.717, 1.165) is 7.11 Å². The molecule has 0 amide bonds. The lowest BCUT2D eigenvalue weighted by molar-refractivity contribution is 0.0598. The van der Waals surface area contributed by atoms with Crippen LogP contribution in [0.4, 0.5) is 0 Å². The van der Waals surface area contributed by atoms with Gasteiger partial charge >= 0.3 is 5.97 Å². The van der Waals surface area contributed by atoms with Gasteiger partial charge < -0.3 is 9.84 Å². The number of esters is 1. The molecular formula is C10H7NO4. The zero-order valence-corrected chi connectivity index (χ0v) is 7.85. The van der Waals surface area contributed by atoms with Crippen molar-refractivity contribution in [1.82, 2.24) is 0 Å². The molecule has 1 rings (SSSR count). The Morgan fingerprint density at radius 2 is 2.27 bits per heavy atom. The first kappa shape index (κ1) is 10.7. The van der Waals surface area contributed by atoms with Crippen LogP contribution < -0.4 is 0 Å². The van der Waals surface area contributed by atoms with Crippen molar-refractivity contribution in [3.63, 3.8) is 0 Å². The molecule has 1 aromatic carbocycles. The van der Waals surface area contributed by atoms with Gasteiger partial charge in [0.05, 0.1) is 23.8 Å². The van der Waals surface area contributed by atoms with Crippen LogP contribution in [0.25, 0.3) is 0 Å². The second kappa shape index (κ2) is 4.24. The molecule has 0 saturated carbocycles. The number of carbonyl (C=O) groups excluding carboxylic acids is 2. The number of nitrogens with zero attached hydrogens (tertiary/aromatic N) is 1. The highest BCUT2D eigenvalue weighted by Gasteiger charge is 2.17. The SMILES string of the molecule is COC(=O)c1ccc(C#N)c(O)c1C=O. The van der Waals surface area contributed by atoms with Gasteiger partial charge in [0.2, 0.25) is 0 Å². The summed E-state index contributed by atoms with van der Waals surface area (Å²) < 4.78 is 4.42. The minimum Gasteiger partial charge on any atom is -0.506 e. The van der Waals surface area contributed by atoms with Crippen LogP contribution in [0.15, 0.2) is 12.1 Å². The van der Waals surface area contributed by atoms with Gasteiger partial charge in [0, 0.05) is 0 Å². The van der Waals surface area contributed by atoms with Gasteiger partial charge in [-0.1, -0.05) is 0 Å². The maximum Gasteiger partial charge on any atom is 0.338 e. The Labute approximate surface area is 85.5 Å². The van der Waals surface area contributed by atoms with Gasteiger partial charge in [-0.2, -0.15) is 5.26 Å². The van der Waals surface area contributed by atoms with Crippen molar-refractivity contribution in [3.05, 3.63) is 28.8 Å². The van der Waals surface area contributed by atoms with Crippen molar-refractivity contribution in [2.24, 2.45) is 0 Å². The summed E-state index contributed by atoms with van der Waals surface area (Å²) in [6.07, 6.45) is 0.308. The lowest BCUT2D eigenvalue weighted by atomic mass is 10.0. The average molecular weight is 205 g/mol. The minimum atomic E-state index is -0.739. The fourth-order valence-corrected chi connectivity index (χ4v) is 1.11. The van der Waals surface area contributed by atoms with Crippen LogP contribution in [-0.2, 0) is 4.74 Å². The van der Waals surface area contributed by atoms with E-state index in [2.05, 4.69) is 4.74 Å². The van der Waals surface area contributed by atoms with Crippen LogP contribution in [0.3, 0.4) is 0 Å². The molecule has 0 atom stereocenters. The zero-order valence-electron chi connectivity index (χ0n) is 7.85. The molecule has 0 spiro atoms. The third kappa shape index (κ3) is 1.79. The van der Waals surface area contributed by atoms with Gasteiger partial charge in [-0.3, -0.25) is 4.79 Å². The second-order valence-corrected chi connectivity index (χ2v) is 2.64. The number of rotatable bonds is 2. The Balaban J connectivity index is 3.45. The average Bonchev–Trinajstić information content (AvgIpc) is 2.27. The molecule has 0 aliphatic rings. The maximum absolute atomic E-state index is 11.2. The first-order valence-corrected chi connectivity index (χ1v) is 3.95. The number of phenolic OH excluding ortho intramolecular Hbond substituents is 1. The van der Waals surface area contributed by atoms with E-state index in [-0.39, 0.29) is 16.7 Å². The number of carbonyl (C=O) groups is 2. The fourth-order valence-electron chi connectivity index (χ4n) is 1.11. The molecule has 0 bridgehead atoms. The summed E-state index contributed by atoms with van der Waals surface area (Å²) in [5.41, 5.74) is -0.366. The van der Waals surface area contributed by atoms with E-state index >= 15 is 0 Å². The van der Waals surface area contributed by atoms with Gasteiger partial charge in [-0.25, -0.2) is 4.79 Å². The Morgan fingerprint density at radius 1 is 1.60 bits per heavy atom. The Morgan fingerprint density at radius 3 is 2.73 bits per heavy atom. The maximum atomic E-state index is 11.2.